The predicted octanol–water partition coefficient (Wildman–Crippen LogP) is 4.02. The molecule has 0 bridgehead atoms. The van der Waals surface area contributed by atoms with E-state index in [0.29, 0.717) is 17.0 Å². The molecule has 0 aliphatic carbocycles. The Bertz CT molecular complexity index is 1290. The number of aromatic nitrogens is 4. The molecule has 2 aromatic heterocycles. The molecule has 0 atom stereocenters. The highest BCUT2D eigenvalue weighted by molar-refractivity contribution is 6.01. The number of hydrogen-bond donors (Lipinski definition) is 2. The Labute approximate surface area is 154 Å². The number of phenols is 2. The van der Waals surface area contributed by atoms with Gasteiger partial charge >= 0.3 is 0 Å². The lowest BCUT2D eigenvalue weighted by Gasteiger charge is -2.09. The number of fused-ring (bicyclic) bond motifs is 3. The summed E-state index contributed by atoms with van der Waals surface area (Å²) in [6, 6.07) is 21.7. The maximum atomic E-state index is 10.2. The number of nitrogens with zero attached hydrogens (tertiary/aromatic N) is 4. The van der Waals surface area contributed by atoms with Crippen LogP contribution < -0.4 is 0 Å². The van der Waals surface area contributed by atoms with Crippen LogP contribution >= 0.6 is 0 Å². The SMILES string of the molecule is Oc1ccc(-c2nn3c(-c4ccccc4O)nnc3c3ccccc23)cc1. The van der Waals surface area contributed by atoms with E-state index in [2.05, 4.69) is 10.2 Å². The van der Waals surface area contributed by atoms with E-state index in [1.807, 2.05) is 42.5 Å². The number of para-hydroxylation sites is 1. The van der Waals surface area contributed by atoms with Gasteiger partial charge in [0.2, 0.25) is 0 Å². The maximum absolute atomic E-state index is 10.2. The number of aromatic hydroxyl groups is 2. The summed E-state index contributed by atoms with van der Waals surface area (Å²) in [5, 5.41) is 35.1. The minimum Gasteiger partial charge on any atom is -0.508 e. The number of benzene rings is 3. The van der Waals surface area contributed by atoms with Gasteiger partial charge in [0.25, 0.3) is 0 Å². The van der Waals surface area contributed by atoms with Crippen LogP contribution in [-0.4, -0.2) is 30.0 Å². The van der Waals surface area contributed by atoms with Crippen LogP contribution in [0.2, 0.25) is 0 Å². The first kappa shape index (κ1) is 15.3. The van der Waals surface area contributed by atoms with Crippen LogP contribution in [0.15, 0.2) is 72.8 Å². The zero-order valence-corrected chi connectivity index (χ0v) is 14.1. The van der Waals surface area contributed by atoms with Crippen LogP contribution in [0, 0.1) is 0 Å². The van der Waals surface area contributed by atoms with E-state index in [9.17, 15) is 10.2 Å². The van der Waals surface area contributed by atoms with E-state index in [1.165, 1.54) is 0 Å². The highest BCUT2D eigenvalue weighted by Crippen LogP contribution is 2.33. The van der Waals surface area contributed by atoms with Gasteiger partial charge in [-0.25, -0.2) is 0 Å². The summed E-state index contributed by atoms with van der Waals surface area (Å²) in [6.45, 7) is 0. The van der Waals surface area contributed by atoms with Gasteiger partial charge in [-0.15, -0.1) is 10.2 Å². The Morgan fingerprint density at radius 2 is 1.41 bits per heavy atom. The van der Waals surface area contributed by atoms with Gasteiger partial charge in [-0.2, -0.15) is 9.61 Å². The first-order valence-corrected chi connectivity index (χ1v) is 8.44. The molecule has 5 rings (SSSR count). The van der Waals surface area contributed by atoms with Crippen molar-refractivity contribution in [3.63, 3.8) is 0 Å². The summed E-state index contributed by atoms with van der Waals surface area (Å²) in [6.07, 6.45) is 0. The Hall–Kier alpha value is -3.93. The first-order valence-electron chi connectivity index (χ1n) is 8.44. The fourth-order valence-electron chi connectivity index (χ4n) is 3.24. The van der Waals surface area contributed by atoms with Crippen molar-refractivity contribution in [3.05, 3.63) is 72.8 Å². The van der Waals surface area contributed by atoms with Crippen LogP contribution in [0.1, 0.15) is 0 Å². The molecule has 3 aromatic carbocycles. The van der Waals surface area contributed by atoms with E-state index in [4.69, 9.17) is 5.10 Å². The average molecular weight is 354 g/mol. The van der Waals surface area contributed by atoms with Crippen molar-refractivity contribution in [1.82, 2.24) is 19.8 Å². The van der Waals surface area contributed by atoms with Gasteiger partial charge in [0.1, 0.15) is 11.5 Å². The van der Waals surface area contributed by atoms with Crippen LogP contribution in [-0.2, 0) is 0 Å². The molecule has 5 aromatic rings. The molecular formula is C21H14N4O2. The second-order valence-electron chi connectivity index (χ2n) is 6.22. The molecule has 6 nitrogen and oxygen atoms in total. The van der Waals surface area contributed by atoms with Gasteiger partial charge in [-0.05, 0) is 36.4 Å². The minimum absolute atomic E-state index is 0.118. The van der Waals surface area contributed by atoms with Crippen LogP contribution in [0.4, 0.5) is 0 Å². The summed E-state index contributed by atoms with van der Waals surface area (Å²) in [7, 11) is 0. The third kappa shape index (κ3) is 2.38. The van der Waals surface area contributed by atoms with Gasteiger partial charge in [-0.1, -0.05) is 36.4 Å². The lowest BCUT2D eigenvalue weighted by atomic mass is 10.0. The zero-order chi connectivity index (χ0) is 18.4. The van der Waals surface area contributed by atoms with Crippen molar-refractivity contribution in [2.24, 2.45) is 0 Å². The molecule has 6 heteroatoms. The Morgan fingerprint density at radius 1 is 0.704 bits per heavy atom. The summed E-state index contributed by atoms with van der Waals surface area (Å²) in [5.74, 6) is 0.783. The molecule has 2 heterocycles. The van der Waals surface area contributed by atoms with Crippen molar-refractivity contribution < 1.29 is 10.2 Å². The Balaban J connectivity index is 1.88. The first-order chi connectivity index (χ1) is 13.2. The highest BCUT2D eigenvalue weighted by atomic mass is 16.3. The summed E-state index contributed by atoms with van der Waals surface area (Å²) < 4.78 is 1.65. The predicted molar refractivity (Wildman–Crippen MR) is 102 cm³/mol. The van der Waals surface area contributed by atoms with E-state index in [1.54, 1.807) is 34.8 Å². The Kier molecular flexibility index (Phi) is 3.30. The van der Waals surface area contributed by atoms with Crippen LogP contribution in [0.3, 0.4) is 0 Å². The topological polar surface area (TPSA) is 83.5 Å². The summed E-state index contributed by atoms with van der Waals surface area (Å²) in [4.78, 5) is 0. The second kappa shape index (κ2) is 5.81. The third-order valence-electron chi connectivity index (χ3n) is 4.55. The molecule has 27 heavy (non-hydrogen) atoms. The molecule has 0 radical (unpaired) electrons. The van der Waals surface area contributed by atoms with Crippen molar-refractivity contribution in [2.75, 3.05) is 0 Å². The molecule has 0 saturated heterocycles. The lowest BCUT2D eigenvalue weighted by molar-refractivity contribution is 0.475. The monoisotopic (exact) mass is 354 g/mol. The molecule has 0 fully saturated rings. The summed E-state index contributed by atoms with van der Waals surface area (Å²) in [5.41, 5.74) is 2.79. The average Bonchev–Trinajstić information content (AvgIpc) is 3.12. The number of hydrogen-bond acceptors (Lipinski definition) is 5. The molecule has 0 amide bonds. The molecule has 0 aliphatic heterocycles. The molecule has 0 unspecified atom stereocenters. The van der Waals surface area contributed by atoms with Gasteiger partial charge in [0.05, 0.1) is 11.3 Å². The highest BCUT2D eigenvalue weighted by Gasteiger charge is 2.17. The molecule has 0 saturated carbocycles. The fraction of sp³-hybridized carbons (Fsp3) is 0. The number of rotatable bonds is 2. The van der Waals surface area contributed by atoms with Crippen molar-refractivity contribution >= 4 is 16.4 Å². The summed E-state index contributed by atoms with van der Waals surface area (Å²) >= 11 is 0. The quantitative estimate of drug-likeness (QED) is 0.500. The van der Waals surface area contributed by atoms with E-state index < -0.39 is 0 Å². The fourth-order valence-corrected chi connectivity index (χ4v) is 3.24. The smallest absolute Gasteiger partial charge is 0.189 e. The van der Waals surface area contributed by atoms with E-state index >= 15 is 0 Å². The molecular weight excluding hydrogens is 340 g/mol. The van der Waals surface area contributed by atoms with Gasteiger partial charge in [0.15, 0.2) is 11.5 Å². The lowest BCUT2D eigenvalue weighted by Crippen LogP contribution is -1.99. The third-order valence-corrected chi connectivity index (χ3v) is 4.55. The van der Waals surface area contributed by atoms with Gasteiger partial charge < -0.3 is 10.2 Å². The zero-order valence-electron chi connectivity index (χ0n) is 14.1. The van der Waals surface area contributed by atoms with Crippen LogP contribution in [0.5, 0.6) is 11.5 Å². The van der Waals surface area contributed by atoms with Gasteiger partial charge in [-0.3, -0.25) is 0 Å². The molecule has 0 spiro atoms. The minimum atomic E-state index is 0.118. The van der Waals surface area contributed by atoms with E-state index in [0.717, 1.165) is 22.0 Å². The molecule has 0 aliphatic rings. The maximum Gasteiger partial charge on any atom is 0.189 e. The largest absolute Gasteiger partial charge is 0.508 e. The Morgan fingerprint density at radius 3 is 2.19 bits per heavy atom. The molecule has 130 valence electrons. The van der Waals surface area contributed by atoms with Crippen molar-refractivity contribution in [1.29, 1.82) is 0 Å². The van der Waals surface area contributed by atoms with Crippen molar-refractivity contribution in [3.8, 4) is 34.1 Å². The van der Waals surface area contributed by atoms with Gasteiger partial charge in [0, 0.05) is 16.3 Å². The second-order valence-corrected chi connectivity index (χ2v) is 6.22. The van der Waals surface area contributed by atoms with Crippen molar-refractivity contribution in [2.45, 2.75) is 0 Å². The standard InChI is InChI=1S/C21H14N4O2/c26-14-11-9-13(10-12-14)19-15-5-1-2-6-16(15)20-22-23-21(25(20)24-19)17-7-3-4-8-18(17)27/h1-12,26-27H. The number of phenolic OH excluding ortho intramolecular Hbond substituents is 2. The van der Waals surface area contributed by atoms with E-state index in [-0.39, 0.29) is 11.5 Å². The van der Waals surface area contributed by atoms with Crippen LogP contribution in [0.25, 0.3) is 39.1 Å². The molecule has 2 N–H and O–H groups in total. The normalized spacial score (nSPS) is 11.3.